The van der Waals surface area contributed by atoms with Crippen molar-refractivity contribution in [2.24, 2.45) is 0 Å². The first-order chi connectivity index (χ1) is 14.3. The van der Waals surface area contributed by atoms with Crippen LogP contribution in [0.3, 0.4) is 0 Å². The summed E-state index contributed by atoms with van der Waals surface area (Å²) in [4.78, 5) is 11.1. The zero-order chi connectivity index (χ0) is 23.2. The Balaban J connectivity index is 2.25. The molecule has 12 heteroatoms. The van der Waals surface area contributed by atoms with Crippen molar-refractivity contribution in [3.05, 3.63) is 59.3 Å². The van der Waals surface area contributed by atoms with Crippen molar-refractivity contribution in [1.82, 2.24) is 3.97 Å². The number of aldehydes is 1. The highest BCUT2D eigenvalue weighted by atomic mass is 32.2. The third-order valence-electron chi connectivity index (χ3n) is 4.54. The van der Waals surface area contributed by atoms with E-state index >= 15 is 0 Å². The molecule has 2 aromatic carbocycles. The van der Waals surface area contributed by atoms with Gasteiger partial charge in [-0.2, -0.15) is 21.6 Å². The summed E-state index contributed by atoms with van der Waals surface area (Å²) in [5.74, 6) is -0.703. The van der Waals surface area contributed by atoms with E-state index in [1.54, 1.807) is 19.1 Å². The van der Waals surface area contributed by atoms with Gasteiger partial charge in [0.25, 0.3) is 10.0 Å². The van der Waals surface area contributed by atoms with Crippen LogP contribution in [0.4, 0.5) is 13.2 Å². The number of fused-ring (bicyclic) bond motifs is 1. The molecule has 1 aromatic heterocycles. The third-order valence-corrected chi connectivity index (χ3v) is 7.19. The molecule has 7 nitrogen and oxygen atoms in total. The summed E-state index contributed by atoms with van der Waals surface area (Å²) in [6.45, 7) is 3.27. The molecular formula is C19H16F3NO6S2. The van der Waals surface area contributed by atoms with E-state index in [1.807, 2.05) is 0 Å². The molecule has 0 aliphatic rings. The van der Waals surface area contributed by atoms with Gasteiger partial charge in [-0.3, -0.25) is 0 Å². The summed E-state index contributed by atoms with van der Waals surface area (Å²) in [5.41, 5.74) is -4.64. The molecule has 0 unspecified atom stereocenters. The number of alkyl halides is 3. The van der Waals surface area contributed by atoms with Crippen molar-refractivity contribution in [2.75, 3.05) is 0 Å². The highest BCUT2D eigenvalue weighted by Gasteiger charge is 2.49. The molecule has 3 aromatic rings. The number of nitrogens with zero attached hydrogens (tertiary/aromatic N) is 1. The maximum absolute atomic E-state index is 13.1. The molecule has 0 fully saturated rings. The van der Waals surface area contributed by atoms with Crippen LogP contribution in [-0.4, -0.2) is 32.6 Å². The Morgan fingerprint density at radius 2 is 1.61 bits per heavy atom. The summed E-state index contributed by atoms with van der Waals surface area (Å²) >= 11 is 0. The molecule has 31 heavy (non-hydrogen) atoms. The predicted molar refractivity (Wildman–Crippen MR) is 106 cm³/mol. The van der Waals surface area contributed by atoms with E-state index in [1.165, 1.54) is 25.3 Å². The molecular weight excluding hydrogens is 459 g/mol. The van der Waals surface area contributed by atoms with E-state index < -0.39 is 37.8 Å². The van der Waals surface area contributed by atoms with Gasteiger partial charge in [-0.25, -0.2) is 12.4 Å². The van der Waals surface area contributed by atoms with Crippen molar-refractivity contribution in [3.63, 3.8) is 0 Å². The number of hydrogen-bond acceptors (Lipinski definition) is 6. The molecule has 0 saturated heterocycles. The first-order valence-corrected chi connectivity index (χ1v) is 11.5. The van der Waals surface area contributed by atoms with E-state index in [0.717, 1.165) is 21.7 Å². The molecule has 0 amide bonds. The van der Waals surface area contributed by atoms with Gasteiger partial charge >= 0.3 is 15.6 Å². The zero-order valence-corrected chi connectivity index (χ0v) is 17.8. The summed E-state index contributed by atoms with van der Waals surface area (Å²) in [5, 5.41) is 0.109. The van der Waals surface area contributed by atoms with Crippen molar-refractivity contribution in [1.29, 1.82) is 0 Å². The second-order valence-electron chi connectivity index (χ2n) is 6.72. The second kappa shape index (κ2) is 7.68. The summed E-state index contributed by atoms with van der Waals surface area (Å²) in [7, 11) is -10.1. The number of rotatable bonds is 6. The van der Waals surface area contributed by atoms with Gasteiger partial charge in [0.15, 0.2) is 0 Å². The Morgan fingerprint density at radius 3 is 2.16 bits per heavy atom. The Bertz CT molecular complexity index is 1370. The van der Waals surface area contributed by atoms with Gasteiger partial charge in [-0.05, 0) is 43.7 Å². The number of aryl methyl sites for hydroxylation is 2. The molecule has 0 aliphatic heterocycles. The Kier molecular flexibility index (Phi) is 5.65. The van der Waals surface area contributed by atoms with Crippen LogP contribution < -0.4 is 4.18 Å². The molecule has 0 aliphatic carbocycles. The summed E-state index contributed by atoms with van der Waals surface area (Å²) < 4.78 is 92.5. The molecule has 0 N–H and O–H groups in total. The first kappa shape index (κ1) is 22.8. The Labute approximate surface area is 176 Å². The Morgan fingerprint density at radius 1 is 1.00 bits per heavy atom. The summed E-state index contributed by atoms with van der Waals surface area (Å²) in [6, 6.07) is 8.06. The lowest BCUT2D eigenvalue weighted by Crippen LogP contribution is -2.28. The molecule has 0 saturated carbocycles. The normalized spacial score (nSPS) is 12.8. The van der Waals surface area contributed by atoms with E-state index in [9.17, 15) is 34.8 Å². The van der Waals surface area contributed by atoms with Crippen molar-refractivity contribution in [3.8, 4) is 5.75 Å². The zero-order valence-electron chi connectivity index (χ0n) is 16.2. The fourth-order valence-electron chi connectivity index (χ4n) is 3.10. The molecule has 0 atom stereocenters. The fourth-order valence-corrected chi connectivity index (χ4v) is 5.00. The lowest BCUT2D eigenvalue weighted by Gasteiger charge is -2.14. The molecule has 3 rings (SSSR count). The van der Waals surface area contributed by atoms with Crippen molar-refractivity contribution in [2.45, 2.75) is 30.7 Å². The van der Waals surface area contributed by atoms with Gasteiger partial charge in [0, 0.05) is 23.6 Å². The average Bonchev–Trinajstić information content (AvgIpc) is 3.01. The van der Waals surface area contributed by atoms with E-state index in [2.05, 4.69) is 4.18 Å². The third kappa shape index (κ3) is 4.04. The molecule has 0 spiro atoms. The highest BCUT2D eigenvalue weighted by molar-refractivity contribution is 7.90. The van der Waals surface area contributed by atoms with Gasteiger partial charge < -0.3 is 8.98 Å². The molecule has 1 heterocycles. The van der Waals surface area contributed by atoms with Crippen LogP contribution in [0.15, 0.2) is 47.5 Å². The van der Waals surface area contributed by atoms with Gasteiger partial charge in [0.1, 0.15) is 12.0 Å². The number of hydrogen-bond donors (Lipinski definition) is 0. The molecule has 0 bridgehead atoms. The SMILES string of the molecule is Cc1ccc(S(=O)(=O)n2cc(C)c3c(CC=O)c(OS(=O)(=O)C(F)(F)F)ccc32)cc1. The fraction of sp³-hybridized carbons (Fsp3) is 0.211. The van der Waals surface area contributed by atoms with Crippen LogP contribution in [0.1, 0.15) is 16.7 Å². The number of carbonyl (C=O) groups is 1. The van der Waals surface area contributed by atoms with E-state index in [-0.39, 0.29) is 21.4 Å². The minimum atomic E-state index is -5.98. The van der Waals surface area contributed by atoms with Gasteiger partial charge in [-0.15, -0.1) is 0 Å². The highest BCUT2D eigenvalue weighted by Crippen LogP contribution is 2.36. The molecule has 0 radical (unpaired) electrons. The minimum Gasteiger partial charge on any atom is -0.376 e. The van der Waals surface area contributed by atoms with E-state index in [4.69, 9.17) is 0 Å². The number of aromatic nitrogens is 1. The van der Waals surface area contributed by atoms with Gasteiger partial charge in [-0.1, -0.05) is 17.7 Å². The van der Waals surface area contributed by atoms with Crippen LogP contribution in [-0.2, 0) is 31.4 Å². The van der Waals surface area contributed by atoms with Crippen LogP contribution in [0.5, 0.6) is 5.75 Å². The van der Waals surface area contributed by atoms with Crippen LogP contribution in [0.25, 0.3) is 10.9 Å². The molecule has 166 valence electrons. The maximum Gasteiger partial charge on any atom is 0.534 e. The van der Waals surface area contributed by atoms with Crippen molar-refractivity contribution < 1.29 is 39.0 Å². The van der Waals surface area contributed by atoms with Crippen LogP contribution in [0.2, 0.25) is 0 Å². The standard InChI is InChI=1S/C19H16F3NO6S2/c1-12-3-5-14(6-4-12)30(25,26)23-11-13(2)18-15(9-10-24)17(8-7-16(18)23)29-31(27,28)19(20,21)22/h3-8,10-11H,9H2,1-2H3. The van der Waals surface area contributed by atoms with Crippen LogP contribution >= 0.6 is 0 Å². The van der Waals surface area contributed by atoms with Gasteiger partial charge in [0.05, 0.1) is 10.4 Å². The van der Waals surface area contributed by atoms with E-state index in [0.29, 0.717) is 11.8 Å². The quantitative estimate of drug-likeness (QED) is 0.308. The van der Waals surface area contributed by atoms with Crippen molar-refractivity contribution >= 4 is 37.3 Å². The smallest absolute Gasteiger partial charge is 0.376 e. The lowest BCUT2D eigenvalue weighted by molar-refractivity contribution is -0.107. The predicted octanol–water partition coefficient (Wildman–Crippen LogP) is 3.46. The number of benzene rings is 2. The monoisotopic (exact) mass is 475 g/mol. The number of halogens is 3. The topological polar surface area (TPSA) is 99.5 Å². The summed E-state index contributed by atoms with van der Waals surface area (Å²) in [6.07, 6.45) is 1.11. The average molecular weight is 475 g/mol. The Hall–Kier alpha value is -2.86. The second-order valence-corrected chi connectivity index (χ2v) is 10.1. The maximum atomic E-state index is 13.1. The largest absolute Gasteiger partial charge is 0.534 e. The van der Waals surface area contributed by atoms with Crippen LogP contribution in [0, 0.1) is 13.8 Å². The van der Waals surface area contributed by atoms with Gasteiger partial charge in [0.2, 0.25) is 0 Å². The lowest BCUT2D eigenvalue weighted by atomic mass is 10.0. The number of carbonyl (C=O) groups excluding carboxylic acids is 1. The minimum absolute atomic E-state index is 0.0214. The first-order valence-electron chi connectivity index (χ1n) is 8.70.